The Balaban J connectivity index is 3.62. The topological polar surface area (TPSA) is 143 Å². The first-order chi connectivity index (χ1) is 11.4. The smallest absolute Gasteiger partial charge is 0.407 e. The highest BCUT2D eigenvalue weighted by molar-refractivity contribution is 5.77. The van der Waals surface area contributed by atoms with E-state index in [-0.39, 0.29) is 25.0 Å². The van der Waals surface area contributed by atoms with E-state index in [1.165, 1.54) is 0 Å². The Morgan fingerprint density at radius 2 is 1.62 bits per heavy atom. The maximum Gasteiger partial charge on any atom is 0.407 e. The highest BCUT2D eigenvalue weighted by atomic mass is 16.5. The Labute approximate surface area is 142 Å². The quantitative estimate of drug-likeness (QED) is 0.328. The Morgan fingerprint density at radius 1 is 1.04 bits per heavy atom. The van der Waals surface area contributed by atoms with Crippen molar-refractivity contribution in [3.8, 4) is 0 Å². The van der Waals surface area contributed by atoms with E-state index in [2.05, 4.69) is 16.0 Å². The van der Waals surface area contributed by atoms with Crippen molar-refractivity contribution in [2.24, 2.45) is 11.7 Å². The second-order valence-electron chi connectivity index (χ2n) is 5.79. The van der Waals surface area contributed by atoms with E-state index in [1.807, 2.05) is 13.8 Å². The molecule has 0 rings (SSSR count). The lowest BCUT2D eigenvalue weighted by Crippen LogP contribution is -2.42. The lowest BCUT2D eigenvalue weighted by Gasteiger charge is -2.20. The zero-order valence-electron chi connectivity index (χ0n) is 14.5. The Kier molecular flexibility index (Phi) is 12.3. The summed E-state index contributed by atoms with van der Waals surface area (Å²) in [7, 11) is 0. The van der Waals surface area contributed by atoms with Gasteiger partial charge >= 0.3 is 12.2 Å². The highest BCUT2D eigenvalue weighted by Gasteiger charge is 2.17. The molecule has 0 saturated heterocycles. The zero-order valence-corrected chi connectivity index (χ0v) is 14.5. The van der Waals surface area contributed by atoms with Crippen molar-refractivity contribution in [3.63, 3.8) is 0 Å². The third-order valence-electron chi connectivity index (χ3n) is 3.39. The summed E-state index contributed by atoms with van der Waals surface area (Å²) in [6, 6.07) is -0.433. The van der Waals surface area contributed by atoms with Crippen molar-refractivity contribution in [1.29, 1.82) is 0 Å². The summed E-state index contributed by atoms with van der Waals surface area (Å²) < 4.78 is 5.01. The lowest BCUT2D eigenvalue weighted by molar-refractivity contribution is -0.119. The van der Waals surface area contributed by atoms with Crippen LogP contribution in [0.3, 0.4) is 0 Å². The molecule has 9 heteroatoms. The summed E-state index contributed by atoms with van der Waals surface area (Å²) in [5, 5.41) is 16.3. The number of unbranched alkanes of at least 4 members (excludes halogenated alkanes) is 3. The Morgan fingerprint density at radius 3 is 2.12 bits per heavy atom. The van der Waals surface area contributed by atoms with E-state index in [4.69, 9.17) is 15.6 Å². The predicted octanol–water partition coefficient (Wildman–Crippen LogP) is 0.640. The van der Waals surface area contributed by atoms with Gasteiger partial charge in [0.05, 0.1) is 12.6 Å². The standard InChI is InChI=1S/C15H30N4O5/c1-11(2)12(19-14(21)22)10-24-15(23)18-8-6-4-3-5-7-17-13(20)9-16/h11-12,19H,3-10,16H2,1-2H3,(H,17,20)(H,18,23)(H,21,22)/t12-/m0/s1. The molecule has 1 atom stereocenters. The predicted molar refractivity (Wildman–Crippen MR) is 89.7 cm³/mol. The van der Waals surface area contributed by atoms with Gasteiger partial charge in [-0.05, 0) is 18.8 Å². The van der Waals surface area contributed by atoms with Gasteiger partial charge in [0.1, 0.15) is 6.61 Å². The number of carbonyl (C=O) groups excluding carboxylic acids is 2. The van der Waals surface area contributed by atoms with Crippen LogP contribution in [0.15, 0.2) is 0 Å². The third-order valence-corrected chi connectivity index (χ3v) is 3.39. The van der Waals surface area contributed by atoms with Gasteiger partial charge in [0.2, 0.25) is 5.91 Å². The highest BCUT2D eigenvalue weighted by Crippen LogP contribution is 2.02. The maximum atomic E-state index is 11.5. The summed E-state index contributed by atoms with van der Waals surface area (Å²) in [6.07, 6.45) is 1.85. The SMILES string of the molecule is CC(C)[C@H](COC(=O)NCCCCCCNC(=O)CN)NC(=O)O. The van der Waals surface area contributed by atoms with Crippen LogP contribution in [-0.2, 0) is 9.53 Å². The van der Waals surface area contributed by atoms with E-state index in [9.17, 15) is 14.4 Å². The summed E-state index contributed by atoms with van der Waals surface area (Å²) in [6.45, 7) is 4.79. The first-order valence-corrected chi connectivity index (χ1v) is 8.23. The van der Waals surface area contributed by atoms with Gasteiger partial charge in [0.15, 0.2) is 0 Å². The number of carbonyl (C=O) groups is 3. The second-order valence-corrected chi connectivity index (χ2v) is 5.79. The van der Waals surface area contributed by atoms with Crippen LogP contribution in [0.1, 0.15) is 39.5 Å². The minimum atomic E-state index is -1.14. The number of nitrogens with two attached hydrogens (primary N) is 1. The monoisotopic (exact) mass is 346 g/mol. The van der Waals surface area contributed by atoms with Gasteiger partial charge in [-0.3, -0.25) is 4.79 Å². The third kappa shape index (κ3) is 12.5. The molecule has 140 valence electrons. The average Bonchev–Trinajstić information content (AvgIpc) is 2.52. The molecule has 0 aromatic heterocycles. The molecule has 0 heterocycles. The number of hydrogen-bond donors (Lipinski definition) is 5. The molecule has 0 bridgehead atoms. The van der Waals surface area contributed by atoms with E-state index >= 15 is 0 Å². The largest absolute Gasteiger partial charge is 0.465 e. The van der Waals surface area contributed by atoms with Gasteiger partial charge in [0.25, 0.3) is 0 Å². The van der Waals surface area contributed by atoms with E-state index < -0.39 is 18.2 Å². The number of alkyl carbamates (subject to hydrolysis) is 1. The van der Waals surface area contributed by atoms with E-state index in [0.29, 0.717) is 13.1 Å². The van der Waals surface area contributed by atoms with Crippen molar-refractivity contribution in [2.45, 2.75) is 45.6 Å². The fourth-order valence-corrected chi connectivity index (χ4v) is 1.87. The molecule has 0 aliphatic carbocycles. The molecule has 0 radical (unpaired) electrons. The first kappa shape index (κ1) is 22.0. The maximum absolute atomic E-state index is 11.5. The van der Waals surface area contributed by atoms with E-state index in [0.717, 1.165) is 25.7 Å². The van der Waals surface area contributed by atoms with Crippen LogP contribution in [0, 0.1) is 5.92 Å². The van der Waals surface area contributed by atoms with Crippen molar-refractivity contribution in [3.05, 3.63) is 0 Å². The van der Waals surface area contributed by atoms with Crippen LogP contribution in [0.4, 0.5) is 9.59 Å². The molecule has 0 aliphatic rings. The molecule has 0 unspecified atom stereocenters. The van der Waals surface area contributed by atoms with Crippen LogP contribution in [0.2, 0.25) is 0 Å². The van der Waals surface area contributed by atoms with Crippen molar-refractivity contribution in [2.75, 3.05) is 26.2 Å². The van der Waals surface area contributed by atoms with Crippen LogP contribution >= 0.6 is 0 Å². The molecule has 0 fully saturated rings. The number of nitrogens with one attached hydrogen (secondary N) is 3. The van der Waals surface area contributed by atoms with Crippen molar-refractivity contribution < 1.29 is 24.2 Å². The van der Waals surface area contributed by atoms with Gasteiger partial charge in [-0.25, -0.2) is 9.59 Å². The molecule has 0 aromatic rings. The van der Waals surface area contributed by atoms with Crippen molar-refractivity contribution >= 4 is 18.1 Å². The normalized spacial score (nSPS) is 11.7. The molecule has 3 amide bonds. The van der Waals surface area contributed by atoms with Crippen LogP contribution in [0.5, 0.6) is 0 Å². The molecule has 0 aliphatic heterocycles. The minimum Gasteiger partial charge on any atom is -0.465 e. The summed E-state index contributed by atoms with van der Waals surface area (Å²) in [4.78, 5) is 33.1. The summed E-state index contributed by atoms with van der Waals surface area (Å²) in [5.41, 5.74) is 5.17. The number of hydrogen-bond acceptors (Lipinski definition) is 5. The van der Waals surface area contributed by atoms with Crippen LogP contribution in [-0.4, -0.2) is 55.5 Å². The minimum absolute atomic E-state index is 0.00333. The molecular weight excluding hydrogens is 316 g/mol. The van der Waals surface area contributed by atoms with E-state index in [1.54, 1.807) is 0 Å². The molecule has 0 aromatic carbocycles. The second kappa shape index (κ2) is 13.4. The van der Waals surface area contributed by atoms with Gasteiger partial charge < -0.3 is 31.5 Å². The Bertz CT molecular complexity index is 390. The van der Waals surface area contributed by atoms with Gasteiger partial charge in [-0.2, -0.15) is 0 Å². The molecule has 24 heavy (non-hydrogen) atoms. The number of ether oxygens (including phenoxy) is 1. The number of rotatable bonds is 12. The fraction of sp³-hybridized carbons (Fsp3) is 0.800. The fourth-order valence-electron chi connectivity index (χ4n) is 1.87. The van der Waals surface area contributed by atoms with Gasteiger partial charge in [-0.1, -0.05) is 26.7 Å². The van der Waals surface area contributed by atoms with Gasteiger partial charge in [0, 0.05) is 13.1 Å². The Hall–Kier alpha value is -2.03. The van der Waals surface area contributed by atoms with Gasteiger partial charge in [-0.15, -0.1) is 0 Å². The lowest BCUT2D eigenvalue weighted by atomic mass is 10.1. The molecule has 6 N–H and O–H groups in total. The van der Waals surface area contributed by atoms with Crippen LogP contribution in [0.25, 0.3) is 0 Å². The van der Waals surface area contributed by atoms with Crippen LogP contribution < -0.4 is 21.7 Å². The summed E-state index contributed by atoms with van der Waals surface area (Å²) in [5.74, 6) is -0.134. The first-order valence-electron chi connectivity index (χ1n) is 8.23. The molecular formula is C15H30N4O5. The average molecular weight is 346 g/mol. The summed E-state index contributed by atoms with van der Waals surface area (Å²) >= 11 is 0. The van der Waals surface area contributed by atoms with Crippen molar-refractivity contribution in [1.82, 2.24) is 16.0 Å². The number of amides is 3. The number of carboxylic acid groups (broad SMARTS) is 1. The molecule has 9 nitrogen and oxygen atoms in total. The zero-order chi connectivity index (χ0) is 18.4. The molecule has 0 spiro atoms. The molecule has 0 saturated carbocycles.